The molecule has 3 atom stereocenters. The lowest BCUT2D eigenvalue weighted by Crippen LogP contribution is -2.29. The monoisotopic (exact) mass is 232 g/mol. The predicted molar refractivity (Wildman–Crippen MR) is 66.6 cm³/mol. The molecule has 0 aromatic carbocycles. The fourth-order valence-corrected chi connectivity index (χ4v) is 1.53. The molecule has 0 aliphatic heterocycles. The largest absolute Gasteiger partial charge is 0.394 e. The van der Waals surface area contributed by atoms with Crippen molar-refractivity contribution in [1.29, 1.82) is 0 Å². The zero-order chi connectivity index (χ0) is 12.6. The minimum atomic E-state index is -0.102. The van der Waals surface area contributed by atoms with Crippen molar-refractivity contribution in [2.45, 2.75) is 65.8 Å². The van der Waals surface area contributed by atoms with Gasteiger partial charge in [-0.1, -0.05) is 27.2 Å². The highest BCUT2D eigenvalue weighted by Gasteiger charge is 2.16. The van der Waals surface area contributed by atoms with E-state index in [0.717, 1.165) is 12.8 Å². The van der Waals surface area contributed by atoms with E-state index in [2.05, 4.69) is 20.8 Å². The highest BCUT2D eigenvalue weighted by molar-refractivity contribution is 4.64. The third-order valence-electron chi connectivity index (χ3n) is 2.60. The number of aliphatic hydroxyl groups excluding tert-OH is 1. The van der Waals surface area contributed by atoms with E-state index in [1.165, 1.54) is 0 Å². The molecule has 3 nitrogen and oxygen atoms in total. The van der Waals surface area contributed by atoms with Crippen LogP contribution in [0.1, 0.15) is 47.5 Å². The summed E-state index contributed by atoms with van der Waals surface area (Å²) in [6.07, 6.45) is 2.54. The first kappa shape index (κ1) is 15.9. The summed E-state index contributed by atoms with van der Waals surface area (Å²) in [6.45, 7) is 11.0. The zero-order valence-electron chi connectivity index (χ0n) is 11.4. The minimum absolute atomic E-state index is 0.0648. The smallest absolute Gasteiger partial charge is 0.0784 e. The van der Waals surface area contributed by atoms with Gasteiger partial charge in [-0.25, -0.2) is 0 Å². The van der Waals surface area contributed by atoms with Crippen LogP contribution in [0.25, 0.3) is 0 Å². The highest BCUT2D eigenvalue weighted by Crippen LogP contribution is 2.15. The molecule has 0 aliphatic carbocycles. The number of hydrogen-bond donors (Lipinski definition) is 1. The molecule has 0 fully saturated rings. The summed E-state index contributed by atoms with van der Waals surface area (Å²) in [4.78, 5) is 0. The van der Waals surface area contributed by atoms with Gasteiger partial charge < -0.3 is 14.6 Å². The quantitative estimate of drug-likeness (QED) is 0.664. The molecule has 0 aliphatic rings. The van der Waals surface area contributed by atoms with Gasteiger partial charge >= 0.3 is 0 Å². The molecular formula is C13H28O3. The standard InChI is InChI=1S/C13H28O3/c1-6-7-13(10(2)3)16-12(5)9-15-11(4)8-14/h10-14H,6-9H2,1-5H3. The Labute approximate surface area is 100 Å². The van der Waals surface area contributed by atoms with Crippen LogP contribution < -0.4 is 0 Å². The first-order chi connectivity index (χ1) is 7.51. The van der Waals surface area contributed by atoms with Crippen LogP contribution in [0.4, 0.5) is 0 Å². The molecule has 0 aromatic heterocycles. The number of hydrogen-bond acceptors (Lipinski definition) is 3. The number of rotatable bonds is 9. The molecule has 0 bridgehead atoms. The summed E-state index contributed by atoms with van der Waals surface area (Å²) in [7, 11) is 0. The van der Waals surface area contributed by atoms with Crippen LogP contribution in [0.2, 0.25) is 0 Å². The van der Waals surface area contributed by atoms with E-state index < -0.39 is 0 Å². The van der Waals surface area contributed by atoms with E-state index in [9.17, 15) is 0 Å². The van der Waals surface area contributed by atoms with Crippen LogP contribution in [-0.2, 0) is 9.47 Å². The maximum atomic E-state index is 8.84. The molecule has 16 heavy (non-hydrogen) atoms. The van der Waals surface area contributed by atoms with E-state index >= 15 is 0 Å². The van der Waals surface area contributed by atoms with Crippen LogP contribution >= 0.6 is 0 Å². The third-order valence-corrected chi connectivity index (χ3v) is 2.60. The average Bonchev–Trinajstić information content (AvgIpc) is 2.25. The molecule has 3 heteroatoms. The fourth-order valence-electron chi connectivity index (χ4n) is 1.53. The Morgan fingerprint density at radius 3 is 2.12 bits per heavy atom. The molecule has 0 aromatic rings. The summed E-state index contributed by atoms with van der Waals surface area (Å²) in [6, 6.07) is 0. The van der Waals surface area contributed by atoms with Gasteiger partial charge in [-0.15, -0.1) is 0 Å². The summed E-state index contributed by atoms with van der Waals surface area (Å²) < 4.78 is 11.4. The van der Waals surface area contributed by atoms with Crippen molar-refractivity contribution < 1.29 is 14.6 Å². The molecule has 98 valence electrons. The molecule has 0 spiro atoms. The Morgan fingerprint density at radius 1 is 1.06 bits per heavy atom. The maximum Gasteiger partial charge on any atom is 0.0784 e. The maximum absolute atomic E-state index is 8.84. The summed E-state index contributed by atoms with van der Waals surface area (Å²) in [5.74, 6) is 0.540. The normalized spacial score (nSPS) is 17.4. The number of aliphatic hydroxyl groups is 1. The Kier molecular flexibility index (Phi) is 8.90. The van der Waals surface area contributed by atoms with Crippen molar-refractivity contribution in [3.63, 3.8) is 0 Å². The van der Waals surface area contributed by atoms with Crippen molar-refractivity contribution in [3.05, 3.63) is 0 Å². The Hall–Kier alpha value is -0.120. The molecule has 0 rings (SSSR count). The Bertz CT molecular complexity index is 159. The Morgan fingerprint density at radius 2 is 1.69 bits per heavy atom. The molecule has 3 unspecified atom stereocenters. The zero-order valence-corrected chi connectivity index (χ0v) is 11.4. The van der Waals surface area contributed by atoms with Gasteiger partial charge in [0.15, 0.2) is 0 Å². The van der Waals surface area contributed by atoms with Crippen LogP contribution in [0.3, 0.4) is 0 Å². The fraction of sp³-hybridized carbons (Fsp3) is 1.00. The first-order valence-electron chi connectivity index (χ1n) is 6.39. The molecule has 0 saturated heterocycles. The van der Waals surface area contributed by atoms with Crippen LogP contribution in [0.5, 0.6) is 0 Å². The lowest BCUT2D eigenvalue weighted by atomic mass is 10.0. The van der Waals surface area contributed by atoms with Crippen molar-refractivity contribution in [2.75, 3.05) is 13.2 Å². The second-order valence-corrected chi connectivity index (χ2v) is 4.84. The van der Waals surface area contributed by atoms with E-state index in [0.29, 0.717) is 18.6 Å². The lowest BCUT2D eigenvalue weighted by molar-refractivity contribution is -0.0862. The van der Waals surface area contributed by atoms with Gasteiger partial charge in [0.25, 0.3) is 0 Å². The second kappa shape index (κ2) is 8.97. The summed E-state index contributed by atoms with van der Waals surface area (Å²) in [5.41, 5.74) is 0. The second-order valence-electron chi connectivity index (χ2n) is 4.84. The van der Waals surface area contributed by atoms with Crippen molar-refractivity contribution >= 4 is 0 Å². The topological polar surface area (TPSA) is 38.7 Å². The molecule has 0 radical (unpaired) electrons. The predicted octanol–water partition coefficient (Wildman–Crippen LogP) is 2.61. The van der Waals surface area contributed by atoms with E-state index in [-0.39, 0.29) is 18.8 Å². The lowest BCUT2D eigenvalue weighted by Gasteiger charge is -2.26. The van der Waals surface area contributed by atoms with Crippen molar-refractivity contribution in [3.8, 4) is 0 Å². The van der Waals surface area contributed by atoms with Gasteiger partial charge in [0, 0.05) is 0 Å². The average molecular weight is 232 g/mol. The molecule has 1 N–H and O–H groups in total. The Balaban J connectivity index is 3.85. The number of ether oxygens (including phenoxy) is 2. The first-order valence-corrected chi connectivity index (χ1v) is 6.39. The van der Waals surface area contributed by atoms with Gasteiger partial charge in [-0.3, -0.25) is 0 Å². The molecule has 0 saturated carbocycles. The molecule has 0 amide bonds. The van der Waals surface area contributed by atoms with Crippen LogP contribution in [-0.4, -0.2) is 36.6 Å². The van der Waals surface area contributed by atoms with E-state index in [1.807, 2.05) is 13.8 Å². The SMILES string of the molecule is CCCC(OC(C)COC(C)CO)C(C)C. The van der Waals surface area contributed by atoms with Crippen molar-refractivity contribution in [2.24, 2.45) is 5.92 Å². The van der Waals surface area contributed by atoms with Gasteiger partial charge in [0.2, 0.25) is 0 Å². The molecular weight excluding hydrogens is 204 g/mol. The van der Waals surface area contributed by atoms with Gasteiger partial charge in [0.05, 0.1) is 31.5 Å². The molecule has 0 heterocycles. The summed E-state index contributed by atoms with van der Waals surface area (Å²) >= 11 is 0. The van der Waals surface area contributed by atoms with Crippen LogP contribution in [0, 0.1) is 5.92 Å². The van der Waals surface area contributed by atoms with E-state index in [4.69, 9.17) is 14.6 Å². The van der Waals surface area contributed by atoms with Crippen LogP contribution in [0.15, 0.2) is 0 Å². The van der Waals surface area contributed by atoms with E-state index in [1.54, 1.807) is 0 Å². The highest BCUT2D eigenvalue weighted by atomic mass is 16.5. The van der Waals surface area contributed by atoms with Gasteiger partial charge in [0.1, 0.15) is 0 Å². The van der Waals surface area contributed by atoms with Gasteiger partial charge in [-0.2, -0.15) is 0 Å². The third kappa shape index (κ3) is 7.20. The van der Waals surface area contributed by atoms with Gasteiger partial charge in [-0.05, 0) is 26.2 Å². The summed E-state index contributed by atoms with van der Waals surface area (Å²) in [5, 5.41) is 8.84. The minimum Gasteiger partial charge on any atom is -0.394 e. The van der Waals surface area contributed by atoms with Crippen molar-refractivity contribution in [1.82, 2.24) is 0 Å².